The molecule has 0 radical (unpaired) electrons. The van der Waals surface area contributed by atoms with Crippen molar-refractivity contribution in [2.24, 2.45) is 0 Å². The summed E-state index contributed by atoms with van der Waals surface area (Å²) in [5, 5.41) is 3.67. The molecule has 0 saturated carbocycles. The molecule has 0 bridgehead atoms. The summed E-state index contributed by atoms with van der Waals surface area (Å²) in [5.74, 6) is -0.128. The van der Waals surface area contributed by atoms with Gasteiger partial charge >= 0.3 is 0 Å². The zero-order valence-electron chi connectivity index (χ0n) is 13.6. The van der Waals surface area contributed by atoms with Crippen LogP contribution in [0.5, 0.6) is 0 Å². The van der Waals surface area contributed by atoms with E-state index in [1.807, 2.05) is 19.9 Å². The topological polar surface area (TPSA) is 84.1 Å². The lowest BCUT2D eigenvalue weighted by molar-refractivity contribution is -0.113. The Morgan fingerprint density at radius 2 is 2.12 bits per heavy atom. The molecule has 0 saturated heterocycles. The van der Waals surface area contributed by atoms with E-state index in [0.717, 1.165) is 22.9 Å². The molecule has 128 valence electrons. The first-order chi connectivity index (χ1) is 11.4. The zero-order valence-corrected chi connectivity index (χ0v) is 15.2. The van der Waals surface area contributed by atoms with Gasteiger partial charge in [-0.05, 0) is 31.0 Å². The number of H-pyrrole nitrogens is 1. The van der Waals surface area contributed by atoms with Crippen molar-refractivity contribution in [1.82, 2.24) is 9.97 Å². The van der Waals surface area contributed by atoms with E-state index in [0.29, 0.717) is 21.6 Å². The van der Waals surface area contributed by atoms with Gasteiger partial charge in [0.05, 0.1) is 28.8 Å². The summed E-state index contributed by atoms with van der Waals surface area (Å²) in [6, 6.07) is 5.11. The zero-order chi connectivity index (χ0) is 17.7. The van der Waals surface area contributed by atoms with Crippen LogP contribution in [-0.4, -0.2) is 28.7 Å². The van der Waals surface area contributed by atoms with Crippen LogP contribution >= 0.6 is 23.4 Å². The highest BCUT2D eigenvalue weighted by Gasteiger charge is 2.11. The number of ether oxygens (including phenoxy) is 1. The van der Waals surface area contributed by atoms with E-state index in [4.69, 9.17) is 16.3 Å². The molecule has 2 rings (SSSR count). The molecule has 0 aliphatic carbocycles. The molecule has 24 heavy (non-hydrogen) atoms. The van der Waals surface area contributed by atoms with Crippen molar-refractivity contribution in [3.05, 3.63) is 50.4 Å². The van der Waals surface area contributed by atoms with E-state index in [9.17, 15) is 9.59 Å². The second-order valence-corrected chi connectivity index (χ2v) is 6.62. The van der Waals surface area contributed by atoms with Gasteiger partial charge in [0, 0.05) is 13.2 Å². The number of rotatable bonds is 6. The van der Waals surface area contributed by atoms with E-state index in [-0.39, 0.29) is 23.8 Å². The van der Waals surface area contributed by atoms with Crippen LogP contribution in [0.2, 0.25) is 5.02 Å². The number of aromatic amines is 1. The van der Waals surface area contributed by atoms with Gasteiger partial charge in [-0.2, -0.15) is 0 Å². The Balaban J connectivity index is 2.03. The fourth-order valence-electron chi connectivity index (χ4n) is 2.16. The van der Waals surface area contributed by atoms with Crippen molar-refractivity contribution in [3.8, 4) is 0 Å². The number of halogens is 1. The van der Waals surface area contributed by atoms with Gasteiger partial charge in [-0.1, -0.05) is 29.4 Å². The Bertz CT molecular complexity index is 784. The van der Waals surface area contributed by atoms with E-state index in [2.05, 4.69) is 15.3 Å². The highest BCUT2D eigenvalue weighted by atomic mass is 35.5. The smallest absolute Gasteiger partial charge is 0.251 e. The number of anilines is 1. The van der Waals surface area contributed by atoms with Crippen molar-refractivity contribution >= 4 is 35.0 Å². The van der Waals surface area contributed by atoms with Gasteiger partial charge in [-0.25, -0.2) is 4.98 Å². The van der Waals surface area contributed by atoms with E-state index < -0.39 is 0 Å². The van der Waals surface area contributed by atoms with Crippen molar-refractivity contribution in [2.45, 2.75) is 25.6 Å². The fraction of sp³-hybridized carbons (Fsp3) is 0.312. The third kappa shape index (κ3) is 5.09. The number of hydrogen-bond donors (Lipinski definition) is 2. The molecule has 0 atom stereocenters. The van der Waals surface area contributed by atoms with Gasteiger partial charge in [0.2, 0.25) is 5.91 Å². The third-order valence-electron chi connectivity index (χ3n) is 3.10. The highest BCUT2D eigenvalue weighted by molar-refractivity contribution is 7.99. The number of amides is 1. The number of hydrogen-bond acceptors (Lipinski definition) is 5. The lowest BCUT2D eigenvalue weighted by Crippen LogP contribution is -2.17. The van der Waals surface area contributed by atoms with Crippen molar-refractivity contribution in [3.63, 3.8) is 0 Å². The number of nitrogens with zero attached hydrogens (tertiary/aromatic N) is 1. The number of methoxy groups -OCH3 is 1. The van der Waals surface area contributed by atoms with Crippen molar-refractivity contribution < 1.29 is 9.53 Å². The molecule has 0 unspecified atom stereocenters. The van der Waals surface area contributed by atoms with Crippen LogP contribution in [-0.2, 0) is 16.1 Å². The fourth-order valence-corrected chi connectivity index (χ4v) is 3.22. The third-order valence-corrected chi connectivity index (χ3v) is 4.27. The maximum absolute atomic E-state index is 12.1. The van der Waals surface area contributed by atoms with Crippen molar-refractivity contribution in [1.29, 1.82) is 0 Å². The predicted octanol–water partition coefficient (Wildman–Crippen LogP) is 2.92. The molecular formula is C16H18ClN3O3S. The Hall–Kier alpha value is -1.83. The number of carbonyl (C=O) groups excluding carboxylic acids is 1. The molecule has 0 aliphatic rings. The monoisotopic (exact) mass is 367 g/mol. The minimum absolute atomic E-state index is 0.100. The van der Waals surface area contributed by atoms with E-state index in [1.54, 1.807) is 6.07 Å². The molecule has 6 nitrogen and oxygen atoms in total. The molecule has 1 amide bonds. The Kier molecular flexibility index (Phi) is 6.42. The van der Waals surface area contributed by atoms with Crippen molar-refractivity contribution in [2.75, 3.05) is 18.2 Å². The molecular weight excluding hydrogens is 350 g/mol. The Labute approximate surface area is 149 Å². The van der Waals surface area contributed by atoms with Gasteiger partial charge in [0.1, 0.15) is 0 Å². The van der Waals surface area contributed by atoms with Crippen LogP contribution in [0.3, 0.4) is 0 Å². The largest absolute Gasteiger partial charge is 0.378 e. The summed E-state index contributed by atoms with van der Waals surface area (Å²) < 4.78 is 4.96. The SMILES string of the molecule is COCc1cc(=O)[nH]c(SCC(=O)Nc2c(C)cc(C)cc2Cl)n1. The number of aromatic nitrogens is 2. The number of carbonyl (C=O) groups is 1. The van der Waals surface area contributed by atoms with Gasteiger partial charge in [0.15, 0.2) is 5.16 Å². The Morgan fingerprint density at radius 1 is 1.38 bits per heavy atom. The van der Waals surface area contributed by atoms with E-state index >= 15 is 0 Å². The summed E-state index contributed by atoms with van der Waals surface area (Å²) in [6.45, 7) is 4.06. The molecule has 1 aromatic carbocycles. The molecule has 8 heteroatoms. The van der Waals surface area contributed by atoms with Crippen LogP contribution in [0, 0.1) is 13.8 Å². The van der Waals surface area contributed by atoms with Crippen LogP contribution in [0.15, 0.2) is 28.2 Å². The van der Waals surface area contributed by atoms with Crippen LogP contribution in [0.1, 0.15) is 16.8 Å². The maximum Gasteiger partial charge on any atom is 0.251 e. The summed E-state index contributed by atoms with van der Waals surface area (Å²) in [7, 11) is 1.52. The summed E-state index contributed by atoms with van der Waals surface area (Å²) in [6.07, 6.45) is 0. The van der Waals surface area contributed by atoms with Crippen LogP contribution in [0.25, 0.3) is 0 Å². The summed E-state index contributed by atoms with van der Waals surface area (Å²) in [4.78, 5) is 30.5. The molecule has 0 aliphatic heterocycles. The van der Waals surface area contributed by atoms with E-state index in [1.165, 1.54) is 13.2 Å². The second kappa shape index (κ2) is 8.32. The summed E-state index contributed by atoms with van der Waals surface area (Å²) >= 11 is 7.32. The predicted molar refractivity (Wildman–Crippen MR) is 95.9 cm³/mol. The minimum Gasteiger partial charge on any atom is -0.378 e. The van der Waals surface area contributed by atoms with Gasteiger partial charge < -0.3 is 15.0 Å². The second-order valence-electron chi connectivity index (χ2n) is 5.25. The number of benzene rings is 1. The maximum atomic E-state index is 12.1. The first-order valence-electron chi connectivity index (χ1n) is 7.17. The molecule has 0 fully saturated rings. The minimum atomic E-state index is -0.280. The Morgan fingerprint density at radius 3 is 2.79 bits per heavy atom. The number of nitrogens with one attached hydrogen (secondary N) is 2. The lowest BCUT2D eigenvalue weighted by atomic mass is 10.1. The normalized spacial score (nSPS) is 10.7. The quantitative estimate of drug-likeness (QED) is 0.605. The molecule has 0 spiro atoms. The van der Waals surface area contributed by atoms with Crippen LogP contribution in [0.4, 0.5) is 5.69 Å². The van der Waals surface area contributed by atoms with Gasteiger partial charge in [-0.3, -0.25) is 9.59 Å². The van der Waals surface area contributed by atoms with Crippen LogP contribution < -0.4 is 10.9 Å². The first-order valence-corrected chi connectivity index (χ1v) is 8.54. The standard InChI is InChI=1S/C16H18ClN3O3S/c1-9-4-10(2)15(12(17)5-9)19-14(22)8-24-16-18-11(7-23-3)6-13(21)20-16/h4-6H,7-8H2,1-3H3,(H,19,22)(H,18,20,21). The summed E-state index contributed by atoms with van der Waals surface area (Å²) in [5.41, 5.74) is 2.76. The molecule has 1 aromatic heterocycles. The molecule has 2 N–H and O–H groups in total. The number of aryl methyl sites for hydroxylation is 2. The van der Waals surface area contributed by atoms with Gasteiger partial charge in [0.25, 0.3) is 5.56 Å². The first kappa shape index (κ1) is 18.5. The van der Waals surface area contributed by atoms with Gasteiger partial charge in [-0.15, -0.1) is 0 Å². The highest BCUT2D eigenvalue weighted by Crippen LogP contribution is 2.27. The average Bonchev–Trinajstić information content (AvgIpc) is 2.48. The number of thioether (sulfide) groups is 1. The lowest BCUT2D eigenvalue weighted by Gasteiger charge is -2.11. The molecule has 1 heterocycles. The average molecular weight is 368 g/mol. The molecule has 2 aromatic rings.